The molecule has 10 N–H and O–H groups in total. The van der Waals surface area contributed by atoms with E-state index in [1.807, 2.05) is 13.8 Å². The van der Waals surface area contributed by atoms with Crippen LogP contribution in [0, 0.1) is 0 Å². The summed E-state index contributed by atoms with van der Waals surface area (Å²) < 4.78 is 0. The molecule has 784 valence electrons. The first kappa shape index (κ1) is 127. The molecule has 31 heteroatoms. The summed E-state index contributed by atoms with van der Waals surface area (Å²) in [7, 11) is 0. The van der Waals surface area contributed by atoms with Crippen LogP contribution in [0.3, 0.4) is 0 Å². The van der Waals surface area contributed by atoms with Crippen molar-refractivity contribution >= 4 is 0 Å². The van der Waals surface area contributed by atoms with Crippen LogP contribution in [-0.4, -0.2) is 51.1 Å². The molecule has 0 radical (unpaired) electrons. The van der Waals surface area contributed by atoms with Gasteiger partial charge in [0.05, 0.1) is 0 Å². The van der Waals surface area contributed by atoms with Gasteiger partial charge in [-0.15, -0.1) is 0 Å². The molecule has 0 spiro atoms. The molecule has 10 rings (SSSR count). The largest absolute Gasteiger partial charge is 0.504 e. The molecule has 0 atom stereocenters. The van der Waals surface area contributed by atoms with Gasteiger partial charge in [0.1, 0.15) is 0 Å². The maximum atomic E-state index is 11.4. The van der Waals surface area contributed by atoms with Gasteiger partial charge in [-0.05, 0) is 122 Å². The Morgan fingerprint density at radius 3 is 0.305 bits per heavy atom. The minimum absolute atomic E-state index is 0.00971. The first-order valence-corrected chi connectivity index (χ1v) is 51.9. The van der Waals surface area contributed by atoms with Gasteiger partial charge in [-0.1, -0.05) is 326 Å². The second-order valence-corrected chi connectivity index (χ2v) is 36.5. The molecule has 10 aromatic rings. The topological polar surface area (TPSA) is 561 Å². The molecule has 0 aromatic heterocycles. The van der Waals surface area contributed by atoms with Crippen molar-refractivity contribution in [1.82, 2.24) is 0 Å². The van der Waals surface area contributed by atoms with E-state index in [1.165, 1.54) is 186 Å². The average Bonchev–Trinajstić information content (AvgIpc) is 1.38. The van der Waals surface area contributed by atoms with Crippen molar-refractivity contribution in [1.29, 1.82) is 0 Å². The van der Waals surface area contributed by atoms with Crippen LogP contribution < -0.4 is 114 Å². The third-order valence-corrected chi connectivity index (χ3v) is 24.9. The fraction of sp³-hybridized carbons (Fsp3) is 0.627. The Kier molecular flexibility index (Phi) is 64.9. The lowest BCUT2D eigenvalue weighted by Crippen LogP contribution is -2.34. The van der Waals surface area contributed by atoms with Gasteiger partial charge in [-0.3, -0.25) is 101 Å². The van der Waals surface area contributed by atoms with E-state index in [2.05, 4.69) is 48.5 Å². The highest BCUT2D eigenvalue weighted by molar-refractivity contribution is 5.47. The number of rotatable bonds is 59. The molecule has 0 heterocycles. The molecule has 0 aliphatic carbocycles. The van der Waals surface area contributed by atoms with Gasteiger partial charge in [0, 0.05) is 55.6 Å². The van der Waals surface area contributed by atoms with E-state index in [0.29, 0.717) is 84.7 Å². The summed E-state index contributed by atoms with van der Waals surface area (Å²) in [6, 6.07) is 0. The molecular formula is C110H158O31. The van der Waals surface area contributed by atoms with E-state index in [1.54, 1.807) is 6.92 Å². The molecule has 0 fully saturated rings. The summed E-state index contributed by atoms with van der Waals surface area (Å²) in [6.07, 6.45) is 60.5. The molecule has 0 saturated heterocycles. The van der Waals surface area contributed by atoms with Crippen LogP contribution in [0.1, 0.15) is 439 Å². The van der Waals surface area contributed by atoms with Crippen molar-refractivity contribution in [2.75, 3.05) is 0 Å². The van der Waals surface area contributed by atoms with Crippen LogP contribution in [0.2, 0.25) is 0 Å². The molecule has 0 bridgehead atoms. The fourth-order valence-corrected chi connectivity index (χ4v) is 15.4. The van der Waals surface area contributed by atoms with Crippen molar-refractivity contribution in [3.05, 3.63) is 270 Å². The Balaban J connectivity index is 0.000000787. The SMILES string of the molecule is CCCCCCCCCCc1c(O)c(=O)c(=O)c1=O.CCCCCCCCCCc1c(O)c(=O)c1=O.CCCCCCCCCCc1c(O)c1=O.CCCCCCCCc1c(O)c(=O)c(=O)c1=O.CCCCCCCCc1c(O)c(=O)c1=O.CCCCCCCCc1c(O)c1=O.CCCCc1c(O)c(=O)c(=O)c1=O.CCCCc1c(O)c(=O)c1=O.CCCCc1c(O)c1=O.CCCc1c(O)c(=O)c(=O)c1=O. The van der Waals surface area contributed by atoms with E-state index < -0.39 is 121 Å². The van der Waals surface area contributed by atoms with Gasteiger partial charge in [0.15, 0.2) is 57.5 Å². The Hall–Kier alpha value is -11.5. The van der Waals surface area contributed by atoms with Gasteiger partial charge in [-0.25, -0.2) is 0 Å². The van der Waals surface area contributed by atoms with E-state index >= 15 is 0 Å². The smallest absolute Gasteiger partial charge is 0.277 e. The zero-order chi connectivity index (χ0) is 106. The molecule has 0 aliphatic rings. The lowest BCUT2D eigenvalue weighted by molar-refractivity contribution is 0.450. The predicted molar refractivity (Wildman–Crippen MR) is 556 cm³/mol. The highest BCUT2D eigenvalue weighted by Crippen LogP contribution is 2.25. The van der Waals surface area contributed by atoms with E-state index in [9.17, 15) is 111 Å². The van der Waals surface area contributed by atoms with Crippen LogP contribution in [0.4, 0.5) is 0 Å². The van der Waals surface area contributed by atoms with E-state index in [-0.39, 0.29) is 79.5 Å². The molecule has 31 nitrogen and oxygen atoms in total. The van der Waals surface area contributed by atoms with Gasteiger partial charge in [-0.2, -0.15) is 0 Å². The quantitative estimate of drug-likeness (QED) is 0.0125. The van der Waals surface area contributed by atoms with Crippen LogP contribution in [0.25, 0.3) is 0 Å². The first-order valence-electron chi connectivity index (χ1n) is 51.9. The normalized spacial score (nSPS) is 10.9. The Labute approximate surface area is 822 Å². The van der Waals surface area contributed by atoms with Crippen LogP contribution in [0.15, 0.2) is 101 Å². The Bertz CT molecular complexity index is 6170. The van der Waals surface area contributed by atoms with Crippen molar-refractivity contribution in [3.63, 3.8) is 0 Å². The highest BCUT2D eigenvalue weighted by Gasteiger charge is 2.26. The molecule has 10 aromatic carbocycles. The van der Waals surface area contributed by atoms with Crippen molar-refractivity contribution in [3.8, 4) is 57.5 Å². The van der Waals surface area contributed by atoms with Crippen LogP contribution >= 0.6 is 0 Å². The van der Waals surface area contributed by atoms with Crippen molar-refractivity contribution in [2.24, 2.45) is 0 Å². The third kappa shape index (κ3) is 44.3. The van der Waals surface area contributed by atoms with Crippen molar-refractivity contribution in [2.45, 2.75) is 448 Å². The summed E-state index contributed by atoms with van der Waals surface area (Å²) in [4.78, 5) is 228. The zero-order valence-corrected chi connectivity index (χ0v) is 85.3. The maximum Gasteiger partial charge on any atom is 0.277 e. The third-order valence-electron chi connectivity index (χ3n) is 24.9. The summed E-state index contributed by atoms with van der Waals surface area (Å²) >= 11 is 0. The maximum absolute atomic E-state index is 11.4. The monoisotopic (exact) mass is 1980 g/mol. The predicted octanol–water partition coefficient (Wildman–Crippen LogP) is 14.0. The molecular weight excluding hydrogens is 1820 g/mol. The number of unbranched alkanes of at least 4 members (excludes halogenated alkanes) is 39. The van der Waals surface area contributed by atoms with Crippen LogP contribution in [-0.2, 0) is 64.2 Å². The van der Waals surface area contributed by atoms with Gasteiger partial charge < -0.3 is 51.1 Å². The van der Waals surface area contributed by atoms with Gasteiger partial charge >= 0.3 is 0 Å². The van der Waals surface area contributed by atoms with Gasteiger partial charge in [0.2, 0.25) is 54.3 Å². The molecule has 0 saturated carbocycles. The zero-order valence-electron chi connectivity index (χ0n) is 85.3. The fourth-order valence-electron chi connectivity index (χ4n) is 15.4. The molecule has 0 unspecified atom stereocenters. The number of aromatic hydroxyl groups is 10. The number of hydrogen-bond donors (Lipinski definition) is 10. The molecule has 0 amide bonds. The Morgan fingerprint density at radius 1 is 0.0993 bits per heavy atom. The second-order valence-electron chi connectivity index (χ2n) is 36.5. The molecule has 0 aliphatic heterocycles. The van der Waals surface area contributed by atoms with Crippen LogP contribution in [0.5, 0.6) is 57.5 Å². The lowest BCUT2D eigenvalue weighted by Gasteiger charge is -2.05. The summed E-state index contributed by atoms with van der Waals surface area (Å²) in [5.74, 6) is -3.38. The first-order chi connectivity index (χ1) is 67.2. The minimum atomic E-state index is -1.11. The van der Waals surface area contributed by atoms with Crippen molar-refractivity contribution < 1.29 is 51.1 Å². The summed E-state index contributed by atoms with van der Waals surface area (Å²) in [6.45, 7) is 20.9. The standard InChI is InChI=1S/C15H22O4.C14H22O3.C13H18O4.C13H22O2.C12H18O3.C11H18O2.C9H10O4.C8H8O4.C8H10O3.C7H10O2/c1-2-3-4-5-6-7-8-9-10-11-12(16)14(18)15(19)13(11)17;1-2-3-4-5-6-7-8-9-10-11-12(15)14(17)13(11)16;1-2-3-4-5-6-7-8-9-10(14)12(16)13(17)11(9)15;1-2-3-4-5-6-7-8-9-10-11-12(14)13(11)15;1-2-3-4-5-6-7-8-9-10(13)12(15)11(9)14;1-2-3-4-5-6-7-8-9-10(12)11(9)13;1-2-3-4-5-6(10)8(12)9(13)7(5)11;1-2-3-4-5(9)7(11)8(12)6(4)10;1-2-3-4-5-6(9)8(11)7(5)10;1-2-3-4-5-6(8)7(5)9/h16H,2-10H2,1H3;15H,2-10H2,1H3;14H,2-8H2,1H3;14H,2-10H2,1H3;13H,2-8H2,1H3;12H,2-8H2,1H3;10H,2-4H2,1H3;9H,2-3H2,1H3;9H,2-4H2,1H3;8H,2-4H2,1H3. The van der Waals surface area contributed by atoms with Gasteiger partial charge in [0.25, 0.3) is 59.7 Å². The molecule has 141 heavy (non-hydrogen) atoms. The van der Waals surface area contributed by atoms with E-state index in [4.69, 9.17) is 40.9 Å². The second kappa shape index (κ2) is 71.8. The highest BCUT2D eigenvalue weighted by atomic mass is 16.3. The van der Waals surface area contributed by atoms with E-state index in [0.717, 1.165) is 135 Å². The average molecular weight is 1980 g/mol. The minimum Gasteiger partial charge on any atom is -0.504 e. The lowest BCUT2D eigenvalue weighted by atomic mass is 10.0. The summed E-state index contributed by atoms with van der Waals surface area (Å²) in [5.41, 5.74) is -12.9. The Morgan fingerprint density at radius 2 is 0.199 bits per heavy atom. The summed E-state index contributed by atoms with van der Waals surface area (Å²) in [5, 5.41) is 90.4. The number of hydrogen-bond acceptors (Lipinski definition) is 31.